The molecule has 0 aliphatic carbocycles. The van der Waals surface area contributed by atoms with E-state index in [9.17, 15) is 5.11 Å². The van der Waals surface area contributed by atoms with Crippen molar-refractivity contribution in [3.63, 3.8) is 0 Å². The predicted octanol–water partition coefficient (Wildman–Crippen LogP) is 2.63. The summed E-state index contributed by atoms with van der Waals surface area (Å²) < 4.78 is 5.82. The quantitative estimate of drug-likeness (QED) is 0.855. The lowest BCUT2D eigenvalue weighted by Crippen LogP contribution is -2.46. The molecule has 1 aliphatic heterocycles. The molecule has 0 radical (unpaired) electrons. The Bertz CT molecular complexity index is 375. The Balaban J connectivity index is 2.51. The second-order valence-electron chi connectivity index (χ2n) is 3.63. The molecule has 14 heavy (non-hydrogen) atoms. The third kappa shape index (κ3) is 1.58. The summed E-state index contributed by atoms with van der Waals surface area (Å²) in [5, 5.41) is 10.7. The van der Waals surface area contributed by atoms with Crippen molar-refractivity contribution in [1.82, 2.24) is 0 Å². The number of benzene rings is 1. The Morgan fingerprint density at radius 2 is 2.14 bits per heavy atom. The Hall–Kier alpha value is -0.0900. The molecule has 0 unspecified atom stereocenters. The lowest BCUT2D eigenvalue weighted by Gasteiger charge is -2.37. The van der Waals surface area contributed by atoms with Crippen LogP contribution in [0.3, 0.4) is 0 Å². The van der Waals surface area contributed by atoms with E-state index in [4.69, 9.17) is 16.3 Å². The maximum atomic E-state index is 10.1. The standard InChI is InChI=1S/C10H10BrClO2/c1-6-2-7(9(12)8(11)3-6)10(13)4-14-5-10/h2-3,13H,4-5H2,1H3. The van der Waals surface area contributed by atoms with Crippen LogP contribution in [0.25, 0.3) is 0 Å². The summed E-state index contributed by atoms with van der Waals surface area (Å²) in [5.41, 5.74) is 0.917. The molecule has 1 heterocycles. The maximum absolute atomic E-state index is 10.1. The van der Waals surface area contributed by atoms with E-state index < -0.39 is 5.60 Å². The Kier molecular flexibility index (Phi) is 2.60. The number of halogens is 2. The van der Waals surface area contributed by atoms with Crippen LogP contribution < -0.4 is 0 Å². The first-order valence-electron chi connectivity index (χ1n) is 4.29. The smallest absolute Gasteiger partial charge is 0.137 e. The van der Waals surface area contributed by atoms with Crippen molar-refractivity contribution < 1.29 is 9.84 Å². The zero-order chi connectivity index (χ0) is 10.3. The van der Waals surface area contributed by atoms with E-state index in [2.05, 4.69) is 15.9 Å². The second kappa shape index (κ2) is 3.49. The summed E-state index contributed by atoms with van der Waals surface area (Å²) in [6.45, 7) is 2.61. The first-order valence-corrected chi connectivity index (χ1v) is 5.46. The Morgan fingerprint density at radius 3 is 2.64 bits per heavy atom. The topological polar surface area (TPSA) is 29.5 Å². The molecule has 4 heteroatoms. The fourth-order valence-electron chi connectivity index (χ4n) is 1.51. The summed E-state index contributed by atoms with van der Waals surface area (Å²) >= 11 is 9.46. The highest BCUT2D eigenvalue weighted by Crippen LogP contribution is 2.38. The minimum Gasteiger partial charge on any atom is -0.380 e. The zero-order valence-corrected chi connectivity index (χ0v) is 10.0. The summed E-state index contributed by atoms with van der Waals surface area (Å²) in [7, 11) is 0. The maximum Gasteiger partial charge on any atom is 0.137 e. The first kappa shape index (κ1) is 10.4. The fraction of sp³-hybridized carbons (Fsp3) is 0.400. The van der Waals surface area contributed by atoms with Crippen molar-refractivity contribution in [3.8, 4) is 0 Å². The van der Waals surface area contributed by atoms with Crippen LogP contribution in [0.2, 0.25) is 5.02 Å². The number of hydrogen-bond acceptors (Lipinski definition) is 2. The van der Waals surface area contributed by atoms with Gasteiger partial charge in [0, 0.05) is 10.0 Å². The van der Waals surface area contributed by atoms with Gasteiger partial charge in [0.15, 0.2) is 0 Å². The van der Waals surface area contributed by atoms with Crippen LogP contribution in [0.15, 0.2) is 16.6 Å². The molecule has 2 rings (SSSR count). The van der Waals surface area contributed by atoms with Gasteiger partial charge in [0.25, 0.3) is 0 Å². The van der Waals surface area contributed by atoms with Gasteiger partial charge in [0.1, 0.15) is 5.60 Å². The first-order chi connectivity index (χ1) is 6.53. The lowest BCUT2D eigenvalue weighted by molar-refractivity contribution is -0.184. The van der Waals surface area contributed by atoms with E-state index >= 15 is 0 Å². The second-order valence-corrected chi connectivity index (χ2v) is 4.86. The van der Waals surface area contributed by atoms with Crippen molar-refractivity contribution >= 4 is 27.5 Å². The average molecular weight is 278 g/mol. The van der Waals surface area contributed by atoms with Crippen molar-refractivity contribution in [1.29, 1.82) is 0 Å². The van der Waals surface area contributed by atoms with Gasteiger partial charge < -0.3 is 9.84 Å². The number of hydrogen-bond donors (Lipinski definition) is 1. The zero-order valence-electron chi connectivity index (χ0n) is 7.68. The molecule has 0 amide bonds. The fourth-order valence-corrected chi connectivity index (χ4v) is 2.37. The van der Waals surface area contributed by atoms with Crippen molar-refractivity contribution in [3.05, 3.63) is 32.8 Å². The molecule has 0 saturated carbocycles. The normalized spacial score (nSPS) is 19.1. The van der Waals surface area contributed by atoms with Gasteiger partial charge in [-0.1, -0.05) is 17.7 Å². The highest BCUT2D eigenvalue weighted by Gasteiger charge is 2.40. The van der Waals surface area contributed by atoms with Crippen LogP contribution in [-0.2, 0) is 10.3 Å². The molecule has 1 aromatic carbocycles. The van der Waals surface area contributed by atoms with Gasteiger partial charge in [0.05, 0.1) is 18.2 Å². The Morgan fingerprint density at radius 1 is 1.50 bits per heavy atom. The van der Waals surface area contributed by atoms with E-state index in [0.29, 0.717) is 18.2 Å². The molecule has 1 aromatic rings. The van der Waals surface area contributed by atoms with Gasteiger partial charge in [-0.25, -0.2) is 0 Å². The number of ether oxygens (including phenoxy) is 1. The number of rotatable bonds is 1. The molecule has 0 spiro atoms. The average Bonchev–Trinajstić information content (AvgIpc) is 2.07. The van der Waals surface area contributed by atoms with Crippen LogP contribution >= 0.6 is 27.5 Å². The molecule has 1 aliphatic rings. The van der Waals surface area contributed by atoms with Crippen LogP contribution in [0.5, 0.6) is 0 Å². The van der Waals surface area contributed by atoms with E-state index in [-0.39, 0.29) is 0 Å². The molecule has 1 fully saturated rings. The lowest BCUT2D eigenvalue weighted by atomic mass is 9.91. The van der Waals surface area contributed by atoms with E-state index in [1.165, 1.54) is 0 Å². The molecule has 1 saturated heterocycles. The molecule has 76 valence electrons. The predicted molar refractivity (Wildman–Crippen MR) is 58.6 cm³/mol. The summed E-state index contributed by atoms with van der Waals surface area (Å²) in [6.07, 6.45) is 0. The van der Waals surface area contributed by atoms with Gasteiger partial charge >= 0.3 is 0 Å². The SMILES string of the molecule is Cc1cc(Br)c(Cl)c(C2(O)COC2)c1. The van der Waals surface area contributed by atoms with Crippen LogP contribution in [-0.4, -0.2) is 18.3 Å². The highest BCUT2D eigenvalue weighted by atomic mass is 79.9. The molecule has 1 N–H and O–H groups in total. The van der Waals surface area contributed by atoms with Crippen LogP contribution in [0, 0.1) is 6.92 Å². The molecule has 2 nitrogen and oxygen atoms in total. The monoisotopic (exact) mass is 276 g/mol. The van der Waals surface area contributed by atoms with Gasteiger partial charge in [0.2, 0.25) is 0 Å². The van der Waals surface area contributed by atoms with E-state index in [0.717, 1.165) is 15.6 Å². The molecule has 0 bridgehead atoms. The van der Waals surface area contributed by atoms with E-state index in [1.54, 1.807) is 0 Å². The summed E-state index contributed by atoms with van der Waals surface area (Å²) in [5.74, 6) is 0. The molecule has 0 aromatic heterocycles. The van der Waals surface area contributed by atoms with Crippen molar-refractivity contribution in [2.24, 2.45) is 0 Å². The van der Waals surface area contributed by atoms with Gasteiger partial charge in [-0.2, -0.15) is 0 Å². The number of aliphatic hydroxyl groups is 1. The van der Waals surface area contributed by atoms with Crippen LogP contribution in [0.1, 0.15) is 11.1 Å². The van der Waals surface area contributed by atoms with Crippen molar-refractivity contribution in [2.75, 3.05) is 13.2 Å². The molecular weight excluding hydrogens is 267 g/mol. The minimum absolute atomic E-state index is 0.322. The Labute approximate surface area is 96.0 Å². The highest BCUT2D eigenvalue weighted by molar-refractivity contribution is 9.10. The molecular formula is C10H10BrClO2. The minimum atomic E-state index is -0.897. The van der Waals surface area contributed by atoms with Gasteiger partial charge in [-0.05, 0) is 34.5 Å². The largest absolute Gasteiger partial charge is 0.380 e. The summed E-state index contributed by atoms with van der Waals surface area (Å²) in [4.78, 5) is 0. The van der Waals surface area contributed by atoms with Crippen molar-refractivity contribution in [2.45, 2.75) is 12.5 Å². The third-order valence-electron chi connectivity index (χ3n) is 2.36. The number of aryl methyl sites for hydroxylation is 1. The van der Waals surface area contributed by atoms with Crippen LogP contribution in [0.4, 0.5) is 0 Å². The molecule has 0 atom stereocenters. The third-order valence-corrected chi connectivity index (χ3v) is 3.62. The summed E-state index contributed by atoms with van der Waals surface area (Å²) in [6, 6.07) is 3.82. The van der Waals surface area contributed by atoms with Gasteiger partial charge in [-0.15, -0.1) is 0 Å². The van der Waals surface area contributed by atoms with E-state index in [1.807, 2.05) is 19.1 Å². The van der Waals surface area contributed by atoms with Gasteiger partial charge in [-0.3, -0.25) is 0 Å².